The van der Waals surface area contributed by atoms with Gasteiger partial charge in [-0.3, -0.25) is 4.98 Å². The van der Waals surface area contributed by atoms with Gasteiger partial charge in [0, 0.05) is 18.5 Å². The van der Waals surface area contributed by atoms with Crippen molar-refractivity contribution in [1.29, 1.82) is 0 Å². The Hall–Kier alpha value is -1.30. The zero-order chi connectivity index (χ0) is 11.3. The molecule has 0 aliphatic carbocycles. The van der Waals surface area contributed by atoms with E-state index in [4.69, 9.17) is 5.73 Å². The molecule has 0 fully saturated rings. The second kappa shape index (κ2) is 4.97. The quantitative estimate of drug-likeness (QED) is 0.768. The van der Waals surface area contributed by atoms with Crippen LogP contribution in [-0.2, 0) is 9.84 Å². The van der Waals surface area contributed by atoms with Gasteiger partial charge >= 0.3 is 0 Å². The first-order chi connectivity index (χ1) is 7.05. The Balaban J connectivity index is 2.49. The maximum atomic E-state index is 11.2. The van der Waals surface area contributed by atoms with Gasteiger partial charge in [-0.15, -0.1) is 0 Å². The fourth-order valence-electron chi connectivity index (χ4n) is 1.05. The maximum Gasteiger partial charge on any atom is 0.151 e. The van der Waals surface area contributed by atoms with Crippen LogP contribution in [0.1, 0.15) is 6.92 Å². The molecule has 0 radical (unpaired) electrons. The molecule has 84 valence electrons. The van der Waals surface area contributed by atoms with E-state index in [-0.39, 0.29) is 11.5 Å². The smallest absolute Gasteiger partial charge is 0.151 e. The Morgan fingerprint density at radius 3 is 2.87 bits per heavy atom. The first-order valence-electron chi connectivity index (χ1n) is 4.69. The number of anilines is 2. The maximum absolute atomic E-state index is 11.2. The van der Waals surface area contributed by atoms with Crippen LogP contribution in [0.15, 0.2) is 18.5 Å². The average Bonchev–Trinajstić information content (AvgIpc) is 2.21. The van der Waals surface area contributed by atoms with Gasteiger partial charge in [0.25, 0.3) is 0 Å². The van der Waals surface area contributed by atoms with Crippen LogP contribution in [0.2, 0.25) is 0 Å². The number of nitrogens with two attached hydrogens (primary N) is 1. The molecule has 15 heavy (non-hydrogen) atoms. The van der Waals surface area contributed by atoms with Gasteiger partial charge < -0.3 is 11.1 Å². The largest absolute Gasteiger partial charge is 0.396 e. The van der Waals surface area contributed by atoms with Crippen LogP contribution in [0.25, 0.3) is 0 Å². The number of hydrogen-bond donors (Lipinski definition) is 2. The molecule has 3 N–H and O–H groups in total. The van der Waals surface area contributed by atoms with Gasteiger partial charge in [0.05, 0.1) is 23.3 Å². The van der Waals surface area contributed by atoms with E-state index < -0.39 is 9.84 Å². The van der Waals surface area contributed by atoms with Crippen molar-refractivity contribution in [3.8, 4) is 0 Å². The molecule has 1 heterocycles. The lowest BCUT2D eigenvalue weighted by atomic mass is 10.3. The van der Waals surface area contributed by atoms with Gasteiger partial charge in [-0.05, 0) is 6.07 Å². The molecule has 0 aliphatic heterocycles. The summed E-state index contributed by atoms with van der Waals surface area (Å²) in [6, 6.07) is 1.72. The van der Waals surface area contributed by atoms with Gasteiger partial charge in [-0.2, -0.15) is 0 Å². The highest BCUT2D eigenvalue weighted by molar-refractivity contribution is 7.91. The van der Waals surface area contributed by atoms with Crippen molar-refractivity contribution in [1.82, 2.24) is 4.98 Å². The van der Waals surface area contributed by atoms with E-state index in [0.29, 0.717) is 12.2 Å². The predicted octanol–water partition coefficient (Wildman–Crippen LogP) is 0.510. The van der Waals surface area contributed by atoms with E-state index in [2.05, 4.69) is 10.3 Å². The molecule has 0 unspecified atom stereocenters. The molecule has 1 rings (SSSR count). The second-order valence-electron chi connectivity index (χ2n) is 3.13. The minimum atomic E-state index is -2.92. The van der Waals surface area contributed by atoms with E-state index in [1.807, 2.05) is 0 Å². The van der Waals surface area contributed by atoms with E-state index >= 15 is 0 Å². The highest BCUT2D eigenvalue weighted by atomic mass is 32.2. The minimum Gasteiger partial charge on any atom is -0.396 e. The molecule has 0 spiro atoms. The zero-order valence-electron chi connectivity index (χ0n) is 8.60. The van der Waals surface area contributed by atoms with Crippen molar-refractivity contribution in [2.24, 2.45) is 0 Å². The molecule has 6 heteroatoms. The number of hydrogen-bond acceptors (Lipinski definition) is 5. The molecule has 0 bridgehead atoms. The lowest BCUT2D eigenvalue weighted by molar-refractivity contribution is 0.597. The molecular weight excluding hydrogens is 214 g/mol. The number of rotatable bonds is 5. The van der Waals surface area contributed by atoms with E-state index in [0.717, 1.165) is 5.69 Å². The van der Waals surface area contributed by atoms with Crippen molar-refractivity contribution >= 4 is 21.2 Å². The highest BCUT2D eigenvalue weighted by Crippen LogP contribution is 2.14. The molecule has 0 saturated heterocycles. The summed E-state index contributed by atoms with van der Waals surface area (Å²) in [5, 5.41) is 2.96. The summed E-state index contributed by atoms with van der Waals surface area (Å²) in [6.45, 7) is 2.00. The third-order valence-electron chi connectivity index (χ3n) is 2.02. The van der Waals surface area contributed by atoms with Crippen LogP contribution in [0.4, 0.5) is 11.4 Å². The van der Waals surface area contributed by atoms with Crippen LogP contribution in [-0.4, -0.2) is 31.5 Å². The van der Waals surface area contributed by atoms with Crippen LogP contribution in [0.5, 0.6) is 0 Å². The lowest BCUT2D eigenvalue weighted by Gasteiger charge is -2.07. The molecule has 5 nitrogen and oxygen atoms in total. The summed E-state index contributed by atoms with van der Waals surface area (Å²) in [7, 11) is -2.92. The van der Waals surface area contributed by atoms with Crippen molar-refractivity contribution in [2.75, 3.05) is 29.1 Å². The van der Waals surface area contributed by atoms with Gasteiger partial charge in [-0.25, -0.2) is 8.42 Å². The summed E-state index contributed by atoms with van der Waals surface area (Å²) in [4.78, 5) is 3.83. The van der Waals surface area contributed by atoms with Crippen LogP contribution < -0.4 is 11.1 Å². The summed E-state index contributed by atoms with van der Waals surface area (Å²) < 4.78 is 22.4. The van der Waals surface area contributed by atoms with E-state index in [1.54, 1.807) is 19.2 Å². The van der Waals surface area contributed by atoms with Gasteiger partial charge in [0.1, 0.15) is 0 Å². The number of pyridine rings is 1. The molecule has 1 aromatic rings. The Morgan fingerprint density at radius 2 is 2.27 bits per heavy atom. The van der Waals surface area contributed by atoms with Gasteiger partial charge in [0.15, 0.2) is 9.84 Å². The molecule has 0 atom stereocenters. The van der Waals surface area contributed by atoms with Crippen molar-refractivity contribution in [3.63, 3.8) is 0 Å². The Kier molecular flexibility index (Phi) is 3.90. The fraction of sp³-hybridized carbons (Fsp3) is 0.444. The molecule has 1 aromatic heterocycles. The summed E-state index contributed by atoms with van der Waals surface area (Å²) in [5.74, 6) is 0.284. The minimum absolute atomic E-state index is 0.116. The number of nitrogen functional groups attached to an aromatic ring is 1. The normalized spacial score (nSPS) is 11.3. The average molecular weight is 229 g/mol. The van der Waals surface area contributed by atoms with E-state index in [1.165, 1.54) is 6.20 Å². The molecular formula is C9H15N3O2S. The van der Waals surface area contributed by atoms with Crippen molar-refractivity contribution in [2.45, 2.75) is 6.92 Å². The number of aromatic nitrogens is 1. The van der Waals surface area contributed by atoms with Crippen LogP contribution >= 0.6 is 0 Å². The van der Waals surface area contributed by atoms with Gasteiger partial charge in [-0.1, -0.05) is 6.92 Å². The highest BCUT2D eigenvalue weighted by Gasteiger charge is 2.06. The number of nitrogens with one attached hydrogen (secondary N) is 1. The number of sulfone groups is 1. The van der Waals surface area contributed by atoms with Crippen molar-refractivity contribution in [3.05, 3.63) is 18.5 Å². The predicted molar refractivity (Wildman–Crippen MR) is 61.5 cm³/mol. The fourth-order valence-corrected chi connectivity index (χ4v) is 1.75. The molecule has 0 aromatic carbocycles. The molecule has 0 saturated carbocycles. The van der Waals surface area contributed by atoms with Crippen LogP contribution in [0.3, 0.4) is 0 Å². The Labute approximate surface area is 89.6 Å². The SMILES string of the molecule is CCS(=O)(=O)CCNc1ccncc1N. The zero-order valence-corrected chi connectivity index (χ0v) is 9.42. The first kappa shape index (κ1) is 11.8. The molecule has 0 amide bonds. The second-order valence-corrected chi connectivity index (χ2v) is 5.60. The summed E-state index contributed by atoms with van der Waals surface area (Å²) >= 11 is 0. The standard InChI is InChI=1S/C9H15N3O2S/c1-2-15(13,14)6-5-12-9-3-4-11-7-8(9)10/h3-4,7H,2,5-6,10H2,1H3,(H,11,12). The Morgan fingerprint density at radius 1 is 1.53 bits per heavy atom. The molecule has 0 aliphatic rings. The third-order valence-corrected chi connectivity index (χ3v) is 3.73. The van der Waals surface area contributed by atoms with Crippen molar-refractivity contribution < 1.29 is 8.42 Å². The Bertz CT molecular complexity index is 417. The lowest BCUT2D eigenvalue weighted by Crippen LogP contribution is -2.17. The van der Waals surface area contributed by atoms with Gasteiger partial charge in [0.2, 0.25) is 0 Å². The van der Waals surface area contributed by atoms with Crippen LogP contribution in [0, 0.1) is 0 Å². The summed E-state index contributed by atoms with van der Waals surface area (Å²) in [5.41, 5.74) is 6.87. The topological polar surface area (TPSA) is 85.1 Å². The monoisotopic (exact) mass is 229 g/mol. The summed E-state index contributed by atoms with van der Waals surface area (Å²) in [6.07, 6.45) is 3.13. The number of nitrogens with zero attached hydrogens (tertiary/aromatic N) is 1. The first-order valence-corrected chi connectivity index (χ1v) is 6.51. The van der Waals surface area contributed by atoms with E-state index in [9.17, 15) is 8.42 Å². The third kappa shape index (κ3) is 3.75.